The van der Waals surface area contributed by atoms with Crippen LogP contribution in [0.3, 0.4) is 0 Å². The Morgan fingerprint density at radius 1 is 1.21 bits per heavy atom. The van der Waals surface area contributed by atoms with Crippen molar-refractivity contribution in [1.82, 2.24) is 0 Å². The molecule has 0 aromatic carbocycles. The van der Waals surface area contributed by atoms with Crippen LogP contribution in [0.15, 0.2) is 0 Å². The molecule has 114 valence electrons. The Morgan fingerprint density at radius 3 is 2.16 bits per heavy atom. The van der Waals surface area contributed by atoms with Crippen molar-refractivity contribution in [2.75, 3.05) is 11.5 Å². The quantitative estimate of drug-likeness (QED) is 0.596. The molecule has 4 heteroatoms. The lowest BCUT2D eigenvalue weighted by atomic mass is 10.1. The van der Waals surface area contributed by atoms with Gasteiger partial charge in [-0.2, -0.15) is 0 Å². The zero-order valence-electron chi connectivity index (χ0n) is 13.8. The lowest BCUT2D eigenvalue weighted by molar-refractivity contribution is 0.164. The molecule has 1 aliphatic heterocycles. The second kappa shape index (κ2) is 6.76. The van der Waals surface area contributed by atoms with Crippen LogP contribution in [0.4, 0.5) is 0 Å². The smallest absolute Gasteiger partial charge is 0.192 e. The van der Waals surface area contributed by atoms with E-state index in [1.54, 1.807) is 0 Å². The third kappa shape index (κ3) is 5.29. The Kier molecular flexibility index (Phi) is 6.38. The van der Waals surface area contributed by atoms with Gasteiger partial charge >= 0.3 is 0 Å². The van der Waals surface area contributed by atoms with Gasteiger partial charge in [-0.15, -0.1) is 23.5 Å². The van der Waals surface area contributed by atoms with E-state index in [9.17, 15) is 0 Å². The highest BCUT2D eigenvalue weighted by Crippen LogP contribution is 2.47. The Hall–Kier alpha value is 0.877. The summed E-state index contributed by atoms with van der Waals surface area (Å²) in [7, 11) is -1.62. The van der Waals surface area contributed by atoms with Crippen LogP contribution in [0.25, 0.3) is 0 Å². The van der Waals surface area contributed by atoms with E-state index >= 15 is 0 Å². The Morgan fingerprint density at radius 2 is 1.74 bits per heavy atom. The Bertz CT molecular complexity index is 280. The van der Waals surface area contributed by atoms with Gasteiger partial charge in [0.1, 0.15) is 0 Å². The van der Waals surface area contributed by atoms with Crippen LogP contribution >= 0.6 is 23.5 Å². The summed E-state index contributed by atoms with van der Waals surface area (Å²) in [4.78, 5) is 0. The average Bonchev–Trinajstić information content (AvgIpc) is 2.26. The summed E-state index contributed by atoms with van der Waals surface area (Å²) < 4.78 is 7.01. The standard InChI is InChI=1S/C15H32OS2Si/c1-8-13(16-19(6,7)14(2,3)4)12-15(5)17-10-9-11-18-15/h13H,8-12H2,1-7H3/t13-/m1/s1. The van der Waals surface area contributed by atoms with Crippen molar-refractivity contribution in [3.8, 4) is 0 Å². The zero-order valence-corrected chi connectivity index (χ0v) is 16.5. The maximum Gasteiger partial charge on any atom is 0.192 e. The van der Waals surface area contributed by atoms with Crippen molar-refractivity contribution in [2.24, 2.45) is 0 Å². The van der Waals surface area contributed by atoms with E-state index in [1.807, 2.05) is 0 Å². The maximum absolute atomic E-state index is 6.63. The highest BCUT2D eigenvalue weighted by molar-refractivity contribution is 8.18. The molecule has 0 unspecified atom stereocenters. The van der Waals surface area contributed by atoms with Crippen LogP contribution in [0, 0.1) is 0 Å². The molecule has 1 atom stereocenters. The number of thioether (sulfide) groups is 2. The van der Waals surface area contributed by atoms with Crippen LogP contribution in [0.2, 0.25) is 18.1 Å². The lowest BCUT2D eigenvalue weighted by Crippen LogP contribution is -2.45. The molecular formula is C15H32OS2Si. The largest absolute Gasteiger partial charge is 0.414 e. The zero-order chi connectivity index (χ0) is 14.7. The summed E-state index contributed by atoms with van der Waals surface area (Å²) >= 11 is 4.28. The molecule has 1 aliphatic rings. The molecule has 0 aliphatic carbocycles. The van der Waals surface area contributed by atoms with E-state index in [0.29, 0.717) is 15.2 Å². The van der Waals surface area contributed by atoms with Crippen LogP contribution in [-0.2, 0) is 4.43 Å². The molecule has 0 spiro atoms. The van der Waals surface area contributed by atoms with Gasteiger partial charge in [-0.1, -0.05) is 27.7 Å². The van der Waals surface area contributed by atoms with Crippen LogP contribution < -0.4 is 0 Å². The first kappa shape index (κ1) is 17.9. The monoisotopic (exact) mass is 320 g/mol. The first-order valence-electron chi connectivity index (χ1n) is 7.55. The first-order valence-corrected chi connectivity index (χ1v) is 12.4. The predicted molar refractivity (Wildman–Crippen MR) is 94.9 cm³/mol. The number of rotatable bonds is 5. The minimum atomic E-state index is -1.62. The average molecular weight is 321 g/mol. The van der Waals surface area contributed by atoms with E-state index in [4.69, 9.17) is 4.43 Å². The highest BCUT2D eigenvalue weighted by Gasteiger charge is 2.40. The minimum Gasteiger partial charge on any atom is -0.414 e. The van der Waals surface area contributed by atoms with Gasteiger partial charge < -0.3 is 4.43 Å². The summed E-state index contributed by atoms with van der Waals surface area (Å²) in [5.41, 5.74) is 0. The van der Waals surface area contributed by atoms with Gasteiger partial charge in [-0.05, 0) is 55.8 Å². The molecule has 0 aromatic heterocycles. The van der Waals surface area contributed by atoms with Crippen molar-refractivity contribution in [2.45, 2.75) is 82.2 Å². The molecule has 0 aromatic rings. The van der Waals surface area contributed by atoms with Crippen LogP contribution in [0.1, 0.15) is 53.9 Å². The van der Waals surface area contributed by atoms with Gasteiger partial charge in [0.15, 0.2) is 8.32 Å². The van der Waals surface area contributed by atoms with Gasteiger partial charge in [0, 0.05) is 6.10 Å². The van der Waals surface area contributed by atoms with E-state index < -0.39 is 8.32 Å². The van der Waals surface area contributed by atoms with Gasteiger partial charge in [-0.3, -0.25) is 0 Å². The third-order valence-corrected chi connectivity index (χ3v) is 12.2. The van der Waals surface area contributed by atoms with Gasteiger partial charge in [-0.25, -0.2) is 0 Å². The van der Waals surface area contributed by atoms with E-state index in [2.05, 4.69) is 71.2 Å². The van der Waals surface area contributed by atoms with E-state index in [-0.39, 0.29) is 0 Å². The summed E-state index contributed by atoms with van der Waals surface area (Å²) in [6.07, 6.45) is 4.14. The molecule has 1 saturated heterocycles. The van der Waals surface area contributed by atoms with E-state index in [0.717, 1.165) is 6.42 Å². The molecule has 0 saturated carbocycles. The maximum atomic E-state index is 6.63. The number of hydrogen-bond acceptors (Lipinski definition) is 3. The molecule has 0 bridgehead atoms. The minimum absolute atomic E-state index is 0.314. The highest BCUT2D eigenvalue weighted by atomic mass is 32.2. The van der Waals surface area contributed by atoms with Crippen molar-refractivity contribution >= 4 is 31.8 Å². The Labute approximate surface area is 130 Å². The normalized spacial score (nSPS) is 22.3. The molecule has 1 nitrogen and oxygen atoms in total. The summed E-state index contributed by atoms with van der Waals surface area (Å²) in [5, 5.41) is 0.314. The van der Waals surface area contributed by atoms with Crippen molar-refractivity contribution in [3.05, 3.63) is 0 Å². The summed E-state index contributed by atoms with van der Waals surface area (Å²) in [5.74, 6) is 2.64. The fourth-order valence-electron chi connectivity index (χ4n) is 2.07. The Balaban J connectivity index is 2.63. The third-order valence-electron chi connectivity index (χ3n) is 4.42. The van der Waals surface area contributed by atoms with Gasteiger partial charge in [0.2, 0.25) is 0 Å². The summed E-state index contributed by atoms with van der Waals surface area (Å²) in [6, 6.07) is 0. The molecule has 0 amide bonds. The first-order chi connectivity index (χ1) is 8.60. The molecule has 1 rings (SSSR count). The SMILES string of the molecule is CC[C@H](CC1(C)SCCCS1)O[Si](C)(C)C(C)(C)C. The molecular weight excluding hydrogens is 288 g/mol. The molecule has 0 N–H and O–H groups in total. The van der Waals surface area contributed by atoms with Crippen molar-refractivity contribution in [1.29, 1.82) is 0 Å². The molecule has 1 fully saturated rings. The fraction of sp³-hybridized carbons (Fsp3) is 1.00. The van der Waals surface area contributed by atoms with Crippen LogP contribution in [-0.4, -0.2) is 30.0 Å². The molecule has 19 heavy (non-hydrogen) atoms. The lowest BCUT2D eigenvalue weighted by Gasteiger charge is -2.42. The van der Waals surface area contributed by atoms with Crippen molar-refractivity contribution in [3.63, 3.8) is 0 Å². The summed E-state index contributed by atoms with van der Waals surface area (Å²) in [6.45, 7) is 16.4. The van der Waals surface area contributed by atoms with Gasteiger partial charge in [0.05, 0.1) is 4.08 Å². The second-order valence-electron chi connectivity index (χ2n) is 7.30. The van der Waals surface area contributed by atoms with Gasteiger partial charge in [0.25, 0.3) is 0 Å². The molecule has 0 radical (unpaired) electrons. The topological polar surface area (TPSA) is 9.23 Å². The van der Waals surface area contributed by atoms with Crippen molar-refractivity contribution < 1.29 is 4.43 Å². The van der Waals surface area contributed by atoms with E-state index in [1.165, 1.54) is 24.3 Å². The van der Waals surface area contributed by atoms with Crippen LogP contribution in [0.5, 0.6) is 0 Å². The molecule has 1 heterocycles. The fourth-order valence-corrected chi connectivity index (χ4v) is 6.57. The number of hydrogen-bond donors (Lipinski definition) is 0. The predicted octanol–water partition coefficient (Wildman–Crippen LogP) is 5.76. The second-order valence-corrected chi connectivity index (χ2v) is 15.5.